The van der Waals surface area contributed by atoms with Crippen molar-refractivity contribution in [2.24, 2.45) is 0 Å². The van der Waals surface area contributed by atoms with Gasteiger partial charge in [0, 0.05) is 29.9 Å². The Bertz CT molecular complexity index is 1170. The number of fused-ring (bicyclic) bond motifs is 2. The number of amides is 2. The van der Waals surface area contributed by atoms with Crippen LogP contribution in [0.4, 0.5) is 16.2 Å². The van der Waals surface area contributed by atoms with Crippen LogP contribution in [-0.2, 0) is 5.41 Å². The minimum Gasteiger partial charge on any atom is -0.457 e. The molecule has 2 aliphatic rings. The fourth-order valence-electron chi connectivity index (χ4n) is 5.16. The molecule has 1 N–H and O–H groups in total. The molecule has 1 spiro atoms. The summed E-state index contributed by atoms with van der Waals surface area (Å²) < 4.78 is 5.86. The number of carbonyl (C=O) groups is 1. The number of ether oxygens (including phenoxy) is 1. The minimum absolute atomic E-state index is 0.0176. The van der Waals surface area contributed by atoms with E-state index >= 15 is 0 Å². The van der Waals surface area contributed by atoms with Gasteiger partial charge in [0.1, 0.15) is 11.5 Å². The molecule has 3 aromatic rings. The van der Waals surface area contributed by atoms with E-state index in [1.54, 1.807) is 0 Å². The normalized spacial score (nSPS) is 16.8. The number of hydrogen-bond acceptors (Lipinski definition) is 3. The van der Waals surface area contributed by atoms with E-state index in [1.165, 1.54) is 11.1 Å². The molecule has 1 saturated heterocycles. The molecule has 2 amide bonds. The van der Waals surface area contributed by atoms with Crippen molar-refractivity contribution in [2.75, 3.05) is 36.4 Å². The van der Waals surface area contributed by atoms with E-state index < -0.39 is 0 Å². The Labute approximate surface area is 201 Å². The van der Waals surface area contributed by atoms with Gasteiger partial charge in [-0.1, -0.05) is 42.0 Å². The standard InChI is InChI=1S/C29H31N3O2/c1-3-17-31-18-15-29(16-19-31)21-32(27-14-9-22(2)20-26(27)29)28(33)30-23-10-12-25(13-11-23)34-24-7-5-4-6-8-24/h3-14,20H,1,15-19,21H2,2H3,(H,30,33). The number of likely N-dealkylation sites (tertiary alicyclic amines) is 1. The number of nitrogens with one attached hydrogen (secondary N) is 1. The van der Waals surface area contributed by atoms with Crippen molar-refractivity contribution in [2.45, 2.75) is 25.2 Å². The Morgan fingerprint density at radius 2 is 1.74 bits per heavy atom. The van der Waals surface area contributed by atoms with E-state index in [9.17, 15) is 4.79 Å². The van der Waals surface area contributed by atoms with Gasteiger partial charge >= 0.3 is 6.03 Å². The lowest BCUT2D eigenvalue weighted by molar-refractivity contribution is 0.180. The molecular formula is C29H31N3O2. The maximum absolute atomic E-state index is 13.4. The molecule has 0 radical (unpaired) electrons. The molecule has 2 heterocycles. The van der Waals surface area contributed by atoms with Crippen LogP contribution in [0.3, 0.4) is 0 Å². The first-order valence-electron chi connectivity index (χ1n) is 11.9. The smallest absolute Gasteiger partial charge is 0.326 e. The second-order valence-electron chi connectivity index (χ2n) is 9.35. The molecule has 0 saturated carbocycles. The number of piperidine rings is 1. The molecule has 0 atom stereocenters. The number of para-hydroxylation sites is 1. The van der Waals surface area contributed by atoms with Crippen LogP contribution in [-0.4, -0.2) is 37.1 Å². The van der Waals surface area contributed by atoms with Crippen LogP contribution < -0.4 is 15.0 Å². The maximum Gasteiger partial charge on any atom is 0.326 e. The lowest BCUT2D eigenvalue weighted by Crippen LogP contribution is -2.46. The lowest BCUT2D eigenvalue weighted by atomic mass is 9.74. The molecule has 5 rings (SSSR count). The Balaban J connectivity index is 1.31. The zero-order valence-electron chi connectivity index (χ0n) is 19.7. The van der Waals surface area contributed by atoms with E-state index in [1.807, 2.05) is 65.6 Å². The molecule has 1 fully saturated rings. The summed E-state index contributed by atoms with van der Waals surface area (Å²) in [7, 11) is 0. The SMILES string of the molecule is C=CCN1CCC2(CC1)CN(C(=O)Nc1ccc(Oc3ccccc3)cc1)c1ccc(C)cc12. The molecule has 34 heavy (non-hydrogen) atoms. The van der Waals surface area contributed by atoms with Crippen LogP contribution in [0.15, 0.2) is 85.5 Å². The monoisotopic (exact) mass is 453 g/mol. The van der Waals surface area contributed by atoms with Crippen molar-refractivity contribution in [3.63, 3.8) is 0 Å². The van der Waals surface area contributed by atoms with Gasteiger partial charge in [-0.3, -0.25) is 9.80 Å². The van der Waals surface area contributed by atoms with Crippen LogP contribution in [0, 0.1) is 6.92 Å². The van der Waals surface area contributed by atoms with Gasteiger partial charge < -0.3 is 10.1 Å². The highest BCUT2D eigenvalue weighted by atomic mass is 16.5. The Hall–Kier alpha value is -3.57. The average Bonchev–Trinajstić information content (AvgIpc) is 3.16. The molecule has 3 aromatic carbocycles. The van der Waals surface area contributed by atoms with Crippen LogP contribution in [0.2, 0.25) is 0 Å². The Morgan fingerprint density at radius 3 is 2.44 bits per heavy atom. The largest absolute Gasteiger partial charge is 0.457 e. The summed E-state index contributed by atoms with van der Waals surface area (Å²) >= 11 is 0. The van der Waals surface area contributed by atoms with E-state index in [0.717, 1.165) is 61.9 Å². The topological polar surface area (TPSA) is 44.8 Å². The molecule has 0 bridgehead atoms. The van der Waals surface area contributed by atoms with Gasteiger partial charge in [0.2, 0.25) is 0 Å². The van der Waals surface area contributed by atoms with Crippen LogP contribution >= 0.6 is 0 Å². The first-order chi connectivity index (χ1) is 16.6. The minimum atomic E-state index is -0.0905. The molecule has 5 heteroatoms. The van der Waals surface area contributed by atoms with Crippen molar-refractivity contribution in [1.82, 2.24) is 4.90 Å². The summed E-state index contributed by atoms with van der Waals surface area (Å²) in [6, 6.07) is 23.6. The Kier molecular flexibility index (Phi) is 6.12. The summed E-state index contributed by atoms with van der Waals surface area (Å²) in [6.45, 7) is 9.70. The number of nitrogens with zero attached hydrogens (tertiary/aromatic N) is 2. The number of carbonyl (C=O) groups excluding carboxylic acids is 1. The van der Waals surface area contributed by atoms with Gasteiger partial charge in [0.15, 0.2) is 0 Å². The number of hydrogen-bond donors (Lipinski definition) is 1. The predicted molar refractivity (Wildman–Crippen MR) is 138 cm³/mol. The number of aryl methyl sites for hydroxylation is 1. The van der Waals surface area contributed by atoms with Crippen molar-refractivity contribution < 1.29 is 9.53 Å². The summed E-state index contributed by atoms with van der Waals surface area (Å²) in [5.74, 6) is 1.52. The predicted octanol–water partition coefficient (Wildman–Crippen LogP) is 6.36. The van der Waals surface area contributed by atoms with E-state index in [-0.39, 0.29) is 11.4 Å². The Morgan fingerprint density at radius 1 is 1.03 bits per heavy atom. The third kappa shape index (κ3) is 4.44. The highest BCUT2D eigenvalue weighted by Crippen LogP contribution is 2.47. The summed E-state index contributed by atoms with van der Waals surface area (Å²) in [6.07, 6.45) is 4.07. The van der Waals surface area contributed by atoms with Crippen LogP contribution in [0.5, 0.6) is 11.5 Å². The van der Waals surface area contributed by atoms with Crippen molar-refractivity contribution >= 4 is 17.4 Å². The third-order valence-corrected chi connectivity index (χ3v) is 7.01. The summed E-state index contributed by atoms with van der Waals surface area (Å²) in [4.78, 5) is 17.8. The second kappa shape index (κ2) is 9.35. The lowest BCUT2D eigenvalue weighted by Gasteiger charge is -2.39. The van der Waals surface area contributed by atoms with Crippen LogP contribution in [0.25, 0.3) is 0 Å². The van der Waals surface area contributed by atoms with E-state index in [0.29, 0.717) is 0 Å². The fourth-order valence-corrected chi connectivity index (χ4v) is 5.16. The summed E-state index contributed by atoms with van der Waals surface area (Å²) in [5.41, 5.74) is 4.35. The highest BCUT2D eigenvalue weighted by molar-refractivity contribution is 6.03. The quantitative estimate of drug-likeness (QED) is 0.457. The van der Waals surface area contributed by atoms with Crippen molar-refractivity contribution in [1.29, 1.82) is 0 Å². The van der Waals surface area contributed by atoms with E-state index in [2.05, 4.69) is 41.9 Å². The first-order valence-corrected chi connectivity index (χ1v) is 11.9. The van der Waals surface area contributed by atoms with Gasteiger partial charge in [-0.2, -0.15) is 0 Å². The van der Waals surface area contributed by atoms with Crippen molar-refractivity contribution in [3.8, 4) is 11.5 Å². The van der Waals surface area contributed by atoms with Gasteiger partial charge in [-0.05, 0) is 80.9 Å². The zero-order chi connectivity index (χ0) is 23.5. The number of anilines is 2. The molecule has 0 aromatic heterocycles. The first kappa shape index (κ1) is 22.2. The number of urea groups is 1. The molecule has 5 nitrogen and oxygen atoms in total. The number of benzene rings is 3. The second-order valence-corrected chi connectivity index (χ2v) is 9.35. The van der Waals surface area contributed by atoms with Gasteiger partial charge in [0.25, 0.3) is 0 Å². The molecule has 0 unspecified atom stereocenters. The van der Waals surface area contributed by atoms with Gasteiger partial charge in [-0.15, -0.1) is 6.58 Å². The number of rotatable bonds is 5. The highest BCUT2D eigenvalue weighted by Gasteiger charge is 2.46. The third-order valence-electron chi connectivity index (χ3n) is 7.01. The van der Waals surface area contributed by atoms with Gasteiger partial charge in [-0.25, -0.2) is 4.79 Å². The molecule has 0 aliphatic carbocycles. The molecular weight excluding hydrogens is 422 g/mol. The fraction of sp³-hybridized carbons (Fsp3) is 0.276. The van der Waals surface area contributed by atoms with Crippen molar-refractivity contribution in [3.05, 3.63) is 96.6 Å². The average molecular weight is 454 g/mol. The maximum atomic E-state index is 13.4. The van der Waals surface area contributed by atoms with Gasteiger partial charge in [0.05, 0.1) is 0 Å². The molecule has 174 valence electrons. The van der Waals surface area contributed by atoms with E-state index in [4.69, 9.17) is 4.74 Å². The molecule has 2 aliphatic heterocycles. The summed E-state index contributed by atoms with van der Waals surface area (Å²) in [5, 5.41) is 3.09. The van der Waals surface area contributed by atoms with Crippen LogP contribution in [0.1, 0.15) is 24.0 Å². The zero-order valence-corrected chi connectivity index (χ0v) is 19.7.